The second-order valence-corrected chi connectivity index (χ2v) is 5.09. The minimum absolute atomic E-state index is 0.0907. The molecule has 0 aromatic heterocycles. The van der Waals surface area contributed by atoms with E-state index >= 15 is 0 Å². The van der Waals surface area contributed by atoms with Crippen molar-refractivity contribution in [1.82, 2.24) is 10.6 Å². The molecule has 17 heavy (non-hydrogen) atoms. The third kappa shape index (κ3) is 5.04. The Morgan fingerprint density at radius 3 is 2.71 bits per heavy atom. The molecule has 100 valence electrons. The van der Waals surface area contributed by atoms with Gasteiger partial charge in [-0.05, 0) is 38.0 Å². The van der Waals surface area contributed by atoms with Crippen molar-refractivity contribution in [1.29, 1.82) is 0 Å². The van der Waals surface area contributed by atoms with Crippen molar-refractivity contribution in [3.05, 3.63) is 0 Å². The highest BCUT2D eigenvalue weighted by molar-refractivity contribution is 5.81. The molecule has 1 amide bonds. The van der Waals surface area contributed by atoms with E-state index < -0.39 is 0 Å². The van der Waals surface area contributed by atoms with E-state index in [1.165, 1.54) is 19.3 Å². The molecule has 0 spiro atoms. The zero-order chi connectivity index (χ0) is 12.7. The normalized spacial score (nSPS) is 18.8. The quantitative estimate of drug-likeness (QED) is 0.599. The summed E-state index contributed by atoms with van der Waals surface area (Å²) in [6.07, 6.45) is 4.69. The Morgan fingerprint density at radius 2 is 2.18 bits per heavy atom. The Labute approximate surface area is 104 Å². The van der Waals surface area contributed by atoms with Crippen LogP contribution in [0.3, 0.4) is 0 Å². The molecule has 1 fully saturated rings. The Hall–Kier alpha value is -0.610. The van der Waals surface area contributed by atoms with Gasteiger partial charge in [-0.1, -0.05) is 6.92 Å². The summed E-state index contributed by atoms with van der Waals surface area (Å²) in [5.74, 6) is 0.0907. The van der Waals surface area contributed by atoms with Gasteiger partial charge in [0.1, 0.15) is 0 Å². The maximum atomic E-state index is 11.7. The van der Waals surface area contributed by atoms with E-state index in [2.05, 4.69) is 17.6 Å². The van der Waals surface area contributed by atoms with E-state index in [1.54, 1.807) is 7.11 Å². The fourth-order valence-corrected chi connectivity index (χ4v) is 1.88. The van der Waals surface area contributed by atoms with Gasteiger partial charge in [0, 0.05) is 26.8 Å². The lowest BCUT2D eigenvalue weighted by Gasteiger charge is -2.18. The van der Waals surface area contributed by atoms with Crippen LogP contribution in [0.1, 0.15) is 39.5 Å². The summed E-state index contributed by atoms with van der Waals surface area (Å²) >= 11 is 0. The van der Waals surface area contributed by atoms with Crippen molar-refractivity contribution in [2.75, 3.05) is 26.8 Å². The third-order valence-electron chi connectivity index (χ3n) is 3.71. The van der Waals surface area contributed by atoms with Gasteiger partial charge in [-0.25, -0.2) is 0 Å². The highest BCUT2D eigenvalue weighted by atomic mass is 16.5. The average molecular weight is 242 g/mol. The molecule has 4 heteroatoms. The van der Waals surface area contributed by atoms with Crippen molar-refractivity contribution in [2.45, 2.75) is 45.6 Å². The molecule has 0 aromatic rings. The van der Waals surface area contributed by atoms with Gasteiger partial charge in [0.25, 0.3) is 0 Å². The number of rotatable bonds is 9. The zero-order valence-electron chi connectivity index (χ0n) is 11.3. The van der Waals surface area contributed by atoms with Gasteiger partial charge in [-0.2, -0.15) is 0 Å². The van der Waals surface area contributed by atoms with Crippen LogP contribution in [0.25, 0.3) is 0 Å². The maximum absolute atomic E-state index is 11.7. The number of hydrogen-bond donors (Lipinski definition) is 2. The van der Waals surface area contributed by atoms with Gasteiger partial charge in [0.2, 0.25) is 5.91 Å². The molecule has 0 heterocycles. The molecule has 0 radical (unpaired) electrons. The van der Waals surface area contributed by atoms with Crippen LogP contribution >= 0.6 is 0 Å². The van der Waals surface area contributed by atoms with Gasteiger partial charge < -0.3 is 15.4 Å². The molecule has 0 saturated heterocycles. The molecule has 1 atom stereocenters. The minimum Gasteiger partial charge on any atom is -0.385 e. The van der Waals surface area contributed by atoms with Gasteiger partial charge in [0.05, 0.1) is 6.04 Å². The number of ether oxygens (including phenoxy) is 1. The lowest BCUT2D eigenvalue weighted by Crippen LogP contribution is -2.44. The Kier molecular flexibility index (Phi) is 5.92. The number of carbonyl (C=O) groups excluding carboxylic acids is 1. The molecule has 0 aromatic carbocycles. The molecule has 4 nitrogen and oxygen atoms in total. The number of hydrogen-bond acceptors (Lipinski definition) is 3. The SMILES string of the molecule is CCC1(CNC(C)C(=O)NCCCOC)CC1. The molecular weight excluding hydrogens is 216 g/mol. The Balaban J connectivity index is 2.09. The summed E-state index contributed by atoms with van der Waals surface area (Å²) < 4.78 is 4.93. The van der Waals surface area contributed by atoms with Crippen molar-refractivity contribution in [3.8, 4) is 0 Å². The van der Waals surface area contributed by atoms with E-state index in [4.69, 9.17) is 4.74 Å². The van der Waals surface area contributed by atoms with Crippen molar-refractivity contribution in [2.24, 2.45) is 5.41 Å². The van der Waals surface area contributed by atoms with Crippen molar-refractivity contribution >= 4 is 5.91 Å². The van der Waals surface area contributed by atoms with Crippen LogP contribution in [0.5, 0.6) is 0 Å². The number of amides is 1. The summed E-state index contributed by atoms with van der Waals surface area (Å²) in [5.41, 5.74) is 0.491. The molecule has 1 aliphatic rings. The van der Waals surface area contributed by atoms with Crippen LogP contribution < -0.4 is 10.6 Å². The van der Waals surface area contributed by atoms with Crippen LogP contribution in [0, 0.1) is 5.41 Å². The first-order valence-electron chi connectivity index (χ1n) is 6.63. The second-order valence-electron chi connectivity index (χ2n) is 5.09. The summed E-state index contributed by atoms with van der Waals surface area (Å²) in [7, 11) is 1.67. The average Bonchev–Trinajstić information content (AvgIpc) is 3.12. The van der Waals surface area contributed by atoms with Crippen molar-refractivity contribution < 1.29 is 9.53 Å². The van der Waals surface area contributed by atoms with Crippen LogP contribution in [0.4, 0.5) is 0 Å². The maximum Gasteiger partial charge on any atom is 0.236 e. The van der Waals surface area contributed by atoms with Crippen LogP contribution in [-0.2, 0) is 9.53 Å². The van der Waals surface area contributed by atoms with E-state index in [9.17, 15) is 4.79 Å². The minimum atomic E-state index is -0.0958. The van der Waals surface area contributed by atoms with E-state index in [1.807, 2.05) is 6.92 Å². The topological polar surface area (TPSA) is 50.4 Å². The predicted octanol–water partition coefficient (Wildman–Crippen LogP) is 1.31. The van der Waals surface area contributed by atoms with E-state index in [0.717, 1.165) is 13.0 Å². The van der Waals surface area contributed by atoms with Gasteiger partial charge in [-0.3, -0.25) is 4.79 Å². The predicted molar refractivity (Wildman–Crippen MR) is 68.9 cm³/mol. The number of carbonyl (C=O) groups is 1. The highest BCUT2D eigenvalue weighted by Crippen LogP contribution is 2.47. The van der Waals surface area contributed by atoms with Crippen LogP contribution in [0.15, 0.2) is 0 Å². The van der Waals surface area contributed by atoms with Crippen LogP contribution in [-0.4, -0.2) is 38.8 Å². The van der Waals surface area contributed by atoms with Gasteiger partial charge in [0.15, 0.2) is 0 Å². The zero-order valence-corrected chi connectivity index (χ0v) is 11.3. The Morgan fingerprint density at radius 1 is 1.47 bits per heavy atom. The molecule has 1 aliphatic carbocycles. The summed E-state index contributed by atoms with van der Waals surface area (Å²) in [6.45, 7) is 6.51. The molecule has 0 aliphatic heterocycles. The summed E-state index contributed by atoms with van der Waals surface area (Å²) in [5, 5.41) is 6.24. The van der Waals surface area contributed by atoms with Crippen LogP contribution in [0.2, 0.25) is 0 Å². The van der Waals surface area contributed by atoms with E-state index in [0.29, 0.717) is 18.6 Å². The van der Waals surface area contributed by atoms with Gasteiger partial charge >= 0.3 is 0 Å². The first kappa shape index (κ1) is 14.5. The third-order valence-corrected chi connectivity index (χ3v) is 3.71. The first-order chi connectivity index (χ1) is 8.13. The lowest BCUT2D eigenvalue weighted by molar-refractivity contribution is -0.122. The molecule has 1 saturated carbocycles. The largest absolute Gasteiger partial charge is 0.385 e. The summed E-state index contributed by atoms with van der Waals surface area (Å²) in [4.78, 5) is 11.7. The summed E-state index contributed by atoms with van der Waals surface area (Å²) in [6, 6.07) is -0.0958. The standard InChI is InChI=1S/C13H26N2O2/c1-4-13(6-7-13)10-15-11(2)12(16)14-8-5-9-17-3/h11,15H,4-10H2,1-3H3,(H,14,16). The Bertz CT molecular complexity index is 240. The first-order valence-corrected chi connectivity index (χ1v) is 6.63. The number of methoxy groups -OCH3 is 1. The molecule has 1 unspecified atom stereocenters. The monoisotopic (exact) mass is 242 g/mol. The van der Waals surface area contributed by atoms with Gasteiger partial charge in [-0.15, -0.1) is 0 Å². The molecule has 2 N–H and O–H groups in total. The van der Waals surface area contributed by atoms with E-state index in [-0.39, 0.29) is 11.9 Å². The molecule has 1 rings (SSSR count). The fourth-order valence-electron chi connectivity index (χ4n) is 1.88. The smallest absolute Gasteiger partial charge is 0.236 e. The highest BCUT2D eigenvalue weighted by Gasteiger charge is 2.40. The lowest BCUT2D eigenvalue weighted by atomic mass is 10.0. The molecular formula is C13H26N2O2. The molecule has 0 bridgehead atoms. The number of nitrogens with one attached hydrogen (secondary N) is 2. The second kappa shape index (κ2) is 6.97. The fraction of sp³-hybridized carbons (Fsp3) is 0.923. The van der Waals surface area contributed by atoms with Crippen molar-refractivity contribution in [3.63, 3.8) is 0 Å².